The second-order valence-electron chi connectivity index (χ2n) is 5.14. The lowest BCUT2D eigenvalue weighted by atomic mass is 9.91. The molecule has 16 heavy (non-hydrogen) atoms. The summed E-state index contributed by atoms with van der Waals surface area (Å²) in [6.07, 6.45) is 9.10. The number of aryl methyl sites for hydroxylation is 1. The van der Waals surface area contributed by atoms with Gasteiger partial charge in [-0.05, 0) is 50.6 Å². The molecule has 1 aliphatic carbocycles. The van der Waals surface area contributed by atoms with Crippen LogP contribution in [0.25, 0.3) is 0 Å². The van der Waals surface area contributed by atoms with Crippen molar-refractivity contribution in [3.05, 3.63) is 17.0 Å². The number of rotatable bonds is 1. The maximum absolute atomic E-state index is 4.77. The Morgan fingerprint density at radius 2 is 2.06 bits per heavy atom. The standard InChI is InChI=1S/C13H21N3/c1-16-12-8-3-2-6-10(12)13(15-16)11-7-4-5-9-14-11/h11,14H,2-9H2,1H3. The van der Waals surface area contributed by atoms with Gasteiger partial charge in [0.05, 0.1) is 11.7 Å². The minimum Gasteiger partial charge on any atom is -0.309 e. The van der Waals surface area contributed by atoms with Gasteiger partial charge in [-0.15, -0.1) is 0 Å². The van der Waals surface area contributed by atoms with Crippen LogP contribution in [0.15, 0.2) is 0 Å². The zero-order chi connectivity index (χ0) is 11.0. The Bertz CT molecular complexity index is 375. The van der Waals surface area contributed by atoms with Gasteiger partial charge in [0.2, 0.25) is 0 Å². The van der Waals surface area contributed by atoms with Gasteiger partial charge in [0.25, 0.3) is 0 Å². The molecule has 1 unspecified atom stereocenters. The van der Waals surface area contributed by atoms with Crippen LogP contribution in [0.4, 0.5) is 0 Å². The van der Waals surface area contributed by atoms with Crippen LogP contribution in [-0.2, 0) is 19.9 Å². The van der Waals surface area contributed by atoms with Crippen molar-refractivity contribution < 1.29 is 0 Å². The van der Waals surface area contributed by atoms with Gasteiger partial charge in [-0.1, -0.05) is 6.42 Å². The van der Waals surface area contributed by atoms with Crippen molar-refractivity contribution in [2.45, 2.75) is 51.0 Å². The molecule has 88 valence electrons. The van der Waals surface area contributed by atoms with E-state index in [9.17, 15) is 0 Å². The Balaban J connectivity index is 1.93. The molecule has 3 nitrogen and oxygen atoms in total. The quantitative estimate of drug-likeness (QED) is 0.784. The van der Waals surface area contributed by atoms with E-state index in [0.717, 1.165) is 6.54 Å². The second kappa shape index (κ2) is 4.21. The summed E-state index contributed by atoms with van der Waals surface area (Å²) in [6.45, 7) is 1.16. The lowest BCUT2D eigenvalue weighted by molar-refractivity contribution is 0.400. The molecule has 3 rings (SSSR count). The van der Waals surface area contributed by atoms with E-state index in [1.807, 2.05) is 0 Å². The van der Waals surface area contributed by atoms with Gasteiger partial charge in [0.15, 0.2) is 0 Å². The smallest absolute Gasteiger partial charge is 0.0828 e. The highest BCUT2D eigenvalue weighted by Gasteiger charge is 2.25. The molecular weight excluding hydrogens is 198 g/mol. The van der Waals surface area contributed by atoms with Gasteiger partial charge in [0.1, 0.15) is 0 Å². The highest BCUT2D eigenvalue weighted by molar-refractivity contribution is 5.31. The van der Waals surface area contributed by atoms with E-state index in [0.29, 0.717) is 6.04 Å². The van der Waals surface area contributed by atoms with Crippen LogP contribution in [0.3, 0.4) is 0 Å². The number of hydrogen-bond acceptors (Lipinski definition) is 2. The molecule has 2 aliphatic rings. The van der Waals surface area contributed by atoms with Crippen molar-refractivity contribution >= 4 is 0 Å². The van der Waals surface area contributed by atoms with Gasteiger partial charge in [-0.2, -0.15) is 5.10 Å². The Kier molecular flexibility index (Phi) is 2.72. The normalized spacial score (nSPS) is 25.4. The molecule has 1 aromatic heterocycles. The number of fused-ring (bicyclic) bond motifs is 1. The van der Waals surface area contributed by atoms with Crippen LogP contribution in [0.2, 0.25) is 0 Å². The average molecular weight is 219 g/mol. The van der Waals surface area contributed by atoms with Crippen LogP contribution in [0, 0.1) is 0 Å². The summed E-state index contributed by atoms with van der Waals surface area (Å²) in [4.78, 5) is 0. The minimum atomic E-state index is 0.529. The predicted octanol–water partition coefficient (Wildman–Crippen LogP) is 2.11. The molecule has 1 saturated heterocycles. The van der Waals surface area contributed by atoms with E-state index in [1.54, 1.807) is 5.56 Å². The fourth-order valence-electron chi connectivity index (χ4n) is 3.17. The molecule has 0 saturated carbocycles. The SMILES string of the molecule is Cn1nc(C2CCCCN2)c2c1CCCC2. The summed E-state index contributed by atoms with van der Waals surface area (Å²) in [5.74, 6) is 0. The van der Waals surface area contributed by atoms with E-state index < -0.39 is 0 Å². The monoisotopic (exact) mass is 219 g/mol. The molecule has 0 bridgehead atoms. The molecule has 1 aromatic rings. The summed E-state index contributed by atoms with van der Waals surface area (Å²) >= 11 is 0. The van der Waals surface area contributed by atoms with Crippen molar-refractivity contribution in [3.8, 4) is 0 Å². The fourth-order valence-corrected chi connectivity index (χ4v) is 3.17. The molecule has 1 atom stereocenters. The molecule has 0 aromatic carbocycles. The van der Waals surface area contributed by atoms with E-state index in [4.69, 9.17) is 5.10 Å². The van der Waals surface area contributed by atoms with Gasteiger partial charge in [-0.25, -0.2) is 0 Å². The second-order valence-corrected chi connectivity index (χ2v) is 5.14. The summed E-state index contributed by atoms with van der Waals surface area (Å²) < 4.78 is 2.13. The highest BCUT2D eigenvalue weighted by Crippen LogP contribution is 2.30. The molecule has 1 N–H and O–H groups in total. The number of nitrogens with zero attached hydrogens (tertiary/aromatic N) is 2. The van der Waals surface area contributed by atoms with Gasteiger partial charge in [-0.3, -0.25) is 4.68 Å². The van der Waals surface area contributed by atoms with Crippen molar-refractivity contribution in [2.24, 2.45) is 7.05 Å². The van der Waals surface area contributed by atoms with Crippen LogP contribution in [-0.4, -0.2) is 16.3 Å². The van der Waals surface area contributed by atoms with Gasteiger partial charge >= 0.3 is 0 Å². The Morgan fingerprint density at radius 3 is 2.88 bits per heavy atom. The van der Waals surface area contributed by atoms with Crippen molar-refractivity contribution in [1.29, 1.82) is 0 Å². The number of piperidine rings is 1. The van der Waals surface area contributed by atoms with Crippen LogP contribution >= 0.6 is 0 Å². The number of hydrogen-bond donors (Lipinski definition) is 1. The maximum atomic E-state index is 4.77. The molecule has 0 spiro atoms. The third-order valence-electron chi connectivity index (χ3n) is 4.04. The minimum absolute atomic E-state index is 0.529. The Labute approximate surface area is 97.2 Å². The Hall–Kier alpha value is -0.830. The molecule has 1 aliphatic heterocycles. The zero-order valence-electron chi connectivity index (χ0n) is 10.1. The molecule has 2 heterocycles. The lowest BCUT2D eigenvalue weighted by Gasteiger charge is -2.23. The first-order valence-electron chi connectivity index (χ1n) is 6.64. The van der Waals surface area contributed by atoms with Crippen molar-refractivity contribution in [1.82, 2.24) is 15.1 Å². The van der Waals surface area contributed by atoms with Gasteiger partial charge in [0, 0.05) is 12.7 Å². The highest BCUT2D eigenvalue weighted by atomic mass is 15.3. The maximum Gasteiger partial charge on any atom is 0.0828 e. The molecule has 3 heteroatoms. The largest absolute Gasteiger partial charge is 0.309 e. The summed E-state index contributed by atoms with van der Waals surface area (Å²) in [7, 11) is 2.11. The lowest BCUT2D eigenvalue weighted by Crippen LogP contribution is -2.28. The number of nitrogens with one attached hydrogen (secondary N) is 1. The molecule has 0 radical (unpaired) electrons. The summed E-state index contributed by atoms with van der Waals surface area (Å²) in [5, 5.41) is 8.39. The first kappa shape index (κ1) is 10.3. The molecular formula is C13H21N3. The van der Waals surface area contributed by atoms with Crippen LogP contribution in [0.1, 0.15) is 55.1 Å². The van der Waals surface area contributed by atoms with E-state index in [2.05, 4.69) is 17.0 Å². The topological polar surface area (TPSA) is 29.9 Å². The third kappa shape index (κ3) is 1.67. The van der Waals surface area contributed by atoms with E-state index in [1.165, 1.54) is 56.3 Å². The Morgan fingerprint density at radius 1 is 1.19 bits per heavy atom. The average Bonchev–Trinajstić information content (AvgIpc) is 2.69. The van der Waals surface area contributed by atoms with E-state index >= 15 is 0 Å². The zero-order valence-corrected chi connectivity index (χ0v) is 10.1. The first-order chi connectivity index (χ1) is 7.86. The molecule has 1 fully saturated rings. The molecule has 0 amide bonds. The van der Waals surface area contributed by atoms with Crippen LogP contribution in [0.5, 0.6) is 0 Å². The van der Waals surface area contributed by atoms with E-state index in [-0.39, 0.29) is 0 Å². The number of aromatic nitrogens is 2. The third-order valence-corrected chi connectivity index (χ3v) is 4.04. The summed E-state index contributed by atoms with van der Waals surface area (Å²) in [5.41, 5.74) is 4.42. The fraction of sp³-hybridized carbons (Fsp3) is 0.769. The predicted molar refractivity (Wildman–Crippen MR) is 64.4 cm³/mol. The van der Waals surface area contributed by atoms with Crippen molar-refractivity contribution in [3.63, 3.8) is 0 Å². The first-order valence-corrected chi connectivity index (χ1v) is 6.64. The van der Waals surface area contributed by atoms with Crippen LogP contribution < -0.4 is 5.32 Å². The summed E-state index contributed by atoms with van der Waals surface area (Å²) in [6, 6.07) is 0.529. The van der Waals surface area contributed by atoms with Crippen molar-refractivity contribution in [2.75, 3.05) is 6.54 Å². The van der Waals surface area contributed by atoms with Gasteiger partial charge < -0.3 is 5.32 Å².